The number of aromatic nitrogens is 3. The van der Waals surface area contributed by atoms with E-state index >= 15 is 0 Å². The van der Waals surface area contributed by atoms with Crippen molar-refractivity contribution in [2.75, 3.05) is 5.32 Å². The first-order chi connectivity index (χ1) is 12.2. The lowest BCUT2D eigenvalue weighted by atomic mass is 10.1. The number of anilines is 1. The summed E-state index contributed by atoms with van der Waals surface area (Å²) in [5, 5.41) is 2.94. The van der Waals surface area contributed by atoms with E-state index in [0.717, 1.165) is 28.2 Å². The third-order valence-corrected chi connectivity index (χ3v) is 5.50. The molecule has 0 aliphatic heterocycles. The number of fused-ring (bicyclic) bond motifs is 1. The second-order valence-corrected chi connectivity index (χ2v) is 7.88. The zero-order chi connectivity index (χ0) is 17.0. The Balaban J connectivity index is 1.26. The standard InChI is InChI=1S/C19H17BrN4O/c20-13-4-6-18-22-17(10-24(18)9-13)23-19(25)15-7-14(15)16-5-3-12(8-21-16)11-1-2-11/h3-6,8-11,14-15H,1-2,7H2,(H,23,25)/t14-,15+/m1/s1. The summed E-state index contributed by atoms with van der Waals surface area (Å²) in [4.78, 5) is 21.5. The molecule has 2 aliphatic carbocycles. The second-order valence-electron chi connectivity index (χ2n) is 6.97. The number of imidazole rings is 1. The molecule has 25 heavy (non-hydrogen) atoms. The molecule has 0 unspecified atom stereocenters. The zero-order valence-corrected chi connectivity index (χ0v) is 15.1. The summed E-state index contributed by atoms with van der Waals surface area (Å²) in [6.07, 6.45) is 9.16. The van der Waals surface area contributed by atoms with Crippen LogP contribution in [-0.4, -0.2) is 20.3 Å². The van der Waals surface area contributed by atoms with Crippen molar-refractivity contribution in [2.45, 2.75) is 31.1 Å². The van der Waals surface area contributed by atoms with Gasteiger partial charge in [0.2, 0.25) is 5.91 Å². The number of hydrogen-bond donors (Lipinski definition) is 1. The highest BCUT2D eigenvalue weighted by Crippen LogP contribution is 2.48. The van der Waals surface area contributed by atoms with Crippen LogP contribution >= 0.6 is 15.9 Å². The van der Waals surface area contributed by atoms with E-state index in [0.29, 0.717) is 5.82 Å². The van der Waals surface area contributed by atoms with E-state index in [2.05, 4.69) is 43.3 Å². The van der Waals surface area contributed by atoms with Gasteiger partial charge in [0.25, 0.3) is 0 Å². The first-order valence-electron chi connectivity index (χ1n) is 8.58. The summed E-state index contributed by atoms with van der Waals surface area (Å²) in [5.41, 5.74) is 3.17. The van der Waals surface area contributed by atoms with E-state index in [4.69, 9.17) is 0 Å². The number of rotatable bonds is 4. The quantitative estimate of drug-likeness (QED) is 0.721. The molecule has 5 rings (SSSR count). The minimum atomic E-state index is -0.00387. The highest BCUT2D eigenvalue weighted by atomic mass is 79.9. The summed E-state index contributed by atoms with van der Waals surface area (Å²) < 4.78 is 2.86. The lowest BCUT2D eigenvalue weighted by molar-refractivity contribution is -0.117. The van der Waals surface area contributed by atoms with E-state index in [1.54, 1.807) is 0 Å². The minimum Gasteiger partial charge on any atom is -0.309 e. The van der Waals surface area contributed by atoms with Crippen LogP contribution in [0.4, 0.5) is 5.82 Å². The van der Waals surface area contributed by atoms with Crippen molar-refractivity contribution in [1.29, 1.82) is 0 Å². The Morgan fingerprint density at radius 3 is 2.84 bits per heavy atom. The third-order valence-electron chi connectivity index (χ3n) is 5.03. The molecular weight excluding hydrogens is 380 g/mol. The monoisotopic (exact) mass is 396 g/mol. The lowest BCUT2D eigenvalue weighted by Crippen LogP contribution is -2.15. The van der Waals surface area contributed by atoms with Gasteiger partial charge >= 0.3 is 0 Å². The minimum absolute atomic E-state index is 0.00387. The molecule has 2 fully saturated rings. The van der Waals surface area contributed by atoms with Crippen molar-refractivity contribution in [1.82, 2.24) is 14.4 Å². The highest BCUT2D eigenvalue weighted by molar-refractivity contribution is 9.10. The molecular formula is C19H17BrN4O. The molecule has 0 saturated heterocycles. The molecule has 0 spiro atoms. The lowest BCUT2D eigenvalue weighted by Gasteiger charge is -2.03. The van der Waals surface area contributed by atoms with E-state index in [1.165, 1.54) is 18.4 Å². The topological polar surface area (TPSA) is 59.3 Å². The van der Waals surface area contributed by atoms with Crippen LogP contribution in [-0.2, 0) is 4.79 Å². The molecule has 2 atom stereocenters. The Morgan fingerprint density at radius 2 is 2.08 bits per heavy atom. The maximum absolute atomic E-state index is 12.5. The van der Waals surface area contributed by atoms with Gasteiger partial charge in [-0.05, 0) is 64.9 Å². The fourth-order valence-electron chi connectivity index (χ4n) is 3.35. The van der Waals surface area contributed by atoms with E-state index in [9.17, 15) is 4.79 Å². The van der Waals surface area contributed by atoms with Crippen LogP contribution < -0.4 is 5.32 Å². The average molecular weight is 397 g/mol. The Bertz CT molecular complexity index is 961. The molecule has 1 N–H and O–H groups in total. The first-order valence-corrected chi connectivity index (χ1v) is 9.37. The van der Waals surface area contributed by atoms with Gasteiger partial charge in [-0.15, -0.1) is 0 Å². The maximum atomic E-state index is 12.5. The van der Waals surface area contributed by atoms with Crippen LogP contribution in [0.3, 0.4) is 0 Å². The van der Waals surface area contributed by atoms with E-state index in [-0.39, 0.29) is 17.7 Å². The molecule has 126 valence electrons. The van der Waals surface area contributed by atoms with Crippen molar-refractivity contribution in [2.24, 2.45) is 5.92 Å². The molecule has 0 bridgehead atoms. The average Bonchev–Trinajstić information content (AvgIpc) is 3.51. The number of nitrogens with one attached hydrogen (secondary N) is 1. The highest BCUT2D eigenvalue weighted by Gasteiger charge is 2.45. The Hall–Kier alpha value is -2.21. The smallest absolute Gasteiger partial charge is 0.229 e. The number of carbonyl (C=O) groups is 1. The number of pyridine rings is 2. The molecule has 2 saturated carbocycles. The Morgan fingerprint density at radius 1 is 1.20 bits per heavy atom. The molecule has 0 aromatic carbocycles. The number of carbonyl (C=O) groups excluding carboxylic acids is 1. The third kappa shape index (κ3) is 2.95. The largest absolute Gasteiger partial charge is 0.309 e. The summed E-state index contributed by atoms with van der Waals surface area (Å²) >= 11 is 3.43. The van der Waals surface area contributed by atoms with Crippen LogP contribution in [0.1, 0.15) is 42.4 Å². The summed E-state index contributed by atoms with van der Waals surface area (Å²) in [7, 11) is 0. The van der Waals surface area contributed by atoms with Gasteiger partial charge < -0.3 is 9.72 Å². The summed E-state index contributed by atoms with van der Waals surface area (Å²) in [5.74, 6) is 1.57. The Labute approximate surface area is 153 Å². The van der Waals surface area contributed by atoms with Crippen LogP contribution in [0.15, 0.2) is 47.3 Å². The molecule has 0 radical (unpaired) electrons. The van der Waals surface area contributed by atoms with Gasteiger partial charge in [-0.3, -0.25) is 9.78 Å². The van der Waals surface area contributed by atoms with Crippen LogP contribution in [0.2, 0.25) is 0 Å². The maximum Gasteiger partial charge on any atom is 0.229 e. The number of hydrogen-bond acceptors (Lipinski definition) is 3. The SMILES string of the molecule is O=C(Nc1cn2cc(Br)ccc2n1)[C@H]1C[C@H]1c1ccc(C2CC2)cn1. The van der Waals surface area contributed by atoms with Gasteiger partial charge in [0, 0.05) is 34.4 Å². The molecule has 3 aromatic rings. The van der Waals surface area contributed by atoms with Crippen molar-refractivity contribution in [3.8, 4) is 0 Å². The summed E-state index contributed by atoms with van der Waals surface area (Å²) in [6, 6.07) is 8.11. The Kier molecular flexibility index (Phi) is 3.41. The van der Waals surface area contributed by atoms with Crippen molar-refractivity contribution in [3.05, 3.63) is 58.6 Å². The normalized spacial score (nSPS) is 22.1. The van der Waals surface area contributed by atoms with Gasteiger partial charge in [-0.2, -0.15) is 0 Å². The predicted octanol–water partition coefficient (Wildman–Crippen LogP) is 4.11. The number of nitrogens with zero attached hydrogens (tertiary/aromatic N) is 3. The summed E-state index contributed by atoms with van der Waals surface area (Å²) in [6.45, 7) is 0. The fourth-order valence-corrected chi connectivity index (χ4v) is 3.70. The molecule has 3 aromatic heterocycles. The van der Waals surface area contributed by atoms with Gasteiger partial charge in [0.05, 0.1) is 6.20 Å². The number of halogens is 1. The van der Waals surface area contributed by atoms with Crippen LogP contribution in [0.25, 0.3) is 5.65 Å². The van der Waals surface area contributed by atoms with Crippen LogP contribution in [0, 0.1) is 5.92 Å². The van der Waals surface area contributed by atoms with Crippen LogP contribution in [0.5, 0.6) is 0 Å². The molecule has 5 nitrogen and oxygen atoms in total. The molecule has 6 heteroatoms. The second kappa shape index (κ2) is 5.66. The van der Waals surface area contributed by atoms with Gasteiger partial charge in [0.15, 0.2) is 5.82 Å². The van der Waals surface area contributed by atoms with Crippen molar-refractivity contribution in [3.63, 3.8) is 0 Å². The predicted molar refractivity (Wildman–Crippen MR) is 98.6 cm³/mol. The van der Waals surface area contributed by atoms with Crippen molar-refractivity contribution >= 4 is 33.3 Å². The zero-order valence-electron chi connectivity index (χ0n) is 13.5. The molecule has 3 heterocycles. The molecule has 1 amide bonds. The van der Waals surface area contributed by atoms with E-state index < -0.39 is 0 Å². The van der Waals surface area contributed by atoms with Gasteiger partial charge in [0.1, 0.15) is 5.65 Å². The van der Waals surface area contributed by atoms with Gasteiger partial charge in [-0.1, -0.05) is 6.07 Å². The first kappa shape index (κ1) is 15.1. The van der Waals surface area contributed by atoms with Gasteiger partial charge in [-0.25, -0.2) is 4.98 Å². The molecule has 2 aliphatic rings. The van der Waals surface area contributed by atoms with Crippen molar-refractivity contribution < 1.29 is 4.79 Å². The number of amides is 1. The fraction of sp³-hybridized carbons (Fsp3) is 0.316. The van der Waals surface area contributed by atoms with E-state index in [1.807, 2.05) is 35.1 Å².